The monoisotopic (exact) mass is 376 g/mol. The molecule has 0 bridgehead atoms. The van der Waals surface area contributed by atoms with Crippen LogP contribution in [0, 0.1) is 11.7 Å². The summed E-state index contributed by atoms with van der Waals surface area (Å²) in [6, 6.07) is 5.97. The first kappa shape index (κ1) is 19.4. The van der Waals surface area contributed by atoms with Crippen LogP contribution in [0.4, 0.5) is 4.39 Å². The molecule has 3 rings (SSSR count). The van der Waals surface area contributed by atoms with E-state index in [1.807, 2.05) is 0 Å². The third-order valence-corrected chi connectivity index (χ3v) is 4.63. The van der Waals surface area contributed by atoms with Gasteiger partial charge in [-0.25, -0.2) is 4.39 Å². The number of likely N-dealkylation sites (tertiary alicyclic amines) is 1. The van der Waals surface area contributed by atoms with Crippen LogP contribution < -0.4 is 5.32 Å². The van der Waals surface area contributed by atoms with Crippen molar-refractivity contribution in [2.45, 2.75) is 25.8 Å². The van der Waals surface area contributed by atoms with Crippen molar-refractivity contribution >= 4 is 5.91 Å². The number of nitrogens with zero attached hydrogens (tertiary/aromatic N) is 3. The minimum Gasteiger partial charge on any atom is -0.385 e. The molecule has 1 aromatic heterocycles. The molecule has 1 aliphatic heterocycles. The maximum Gasteiger partial charge on any atom is 0.241 e. The number of carbonyl (C=O) groups is 1. The molecule has 0 spiro atoms. The predicted octanol–water partition coefficient (Wildman–Crippen LogP) is 2.24. The quantitative estimate of drug-likeness (QED) is 0.712. The summed E-state index contributed by atoms with van der Waals surface area (Å²) >= 11 is 0. The van der Waals surface area contributed by atoms with Crippen LogP contribution in [0.1, 0.15) is 25.2 Å². The standard InChI is InChI=1S/C19H25FN4O3/c1-26-11-3-9-21-19(25)15-4-2-10-24(12-15)13-17-22-18(23-27-17)14-5-7-16(20)8-6-14/h5-8,15H,2-4,9-13H2,1H3,(H,21,25). The largest absolute Gasteiger partial charge is 0.385 e. The van der Waals surface area contributed by atoms with Gasteiger partial charge >= 0.3 is 0 Å². The summed E-state index contributed by atoms with van der Waals surface area (Å²) in [5.74, 6) is 0.696. The second kappa shape index (κ2) is 9.57. The van der Waals surface area contributed by atoms with Crippen LogP contribution in [0.3, 0.4) is 0 Å². The summed E-state index contributed by atoms with van der Waals surface area (Å²) in [6.45, 7) is 3.34. The van der Waals surface area contributed by atoms with Crippen molar-refractivity contribution in [2.75, 3.05) is 33.4 Å². The molecule has 1 saturated heterocycles. The maximum absolute atomic E-state index is 13.0. The summed E-state index contributed by atoms with van der Waals surface area (Å²) in [6.07, 6.45) is 2.65. The lowest BCUT2D eigenvalue weighted by atomic mass is 9.97. The summed E-state index contributed by atoms with van der Waals surface area (Å²) in [4.78, 5) is 18.9. The van der Waals surface area contributed by atoms with E-state index in [0.717, 1.165) is 25.8 Å². The molecule has 8 heteroatoms. The van der Waals surface area contributed by atoms with Crippen molar-refractivity contribution < 1.29 is 18.4 Å². The molecule has 1 aromatic carbocycles. The molecule has 2 aromatic rings. The van der Waals surface area contributed by atoms with Crippen LogP contribution >= 0.6 is 0 Å². The average molecular weight is 376 g/mol. The Kier molecular flexibility index (Phi) is 6.89. The number of halogens is 1. The van der Waals surface area contributed by atoms with E-state index in [4.69, 9.17) is 9.26 Å². The van der Waals surface area contributed by atoms with Crippen molar-refractivity contribution in [3.63, 3.8) is 0 Å². The zero-order valence-electron chi connectivity index (χ0n) is 15.5. The van der Waals surface area contributed by atoms with Crippen LogP contribution in [-0.2, 0) is 16.1 Å². The van der Waals surface area contributed by atoms with Gasteiger partial charge in [0.2, 0.25) is 17.6 Å². The lowest BCUT2D eigenvalue weighted by Gasteiger charge is -2.30. The average Bonchev–Trinajstić information content (AvgIpc) is 3.14. The van der Waals surface area contributed by atoms with Crippen molar-refractivity contribution in [3.05, 3.63) is 36.0 Å². The molecular formula is C19H25FN4O3. The minimum absolute atomic E-state index is 0.0271. The summed E-state index contributed by atoms with van der Waals surface area (Å²) in [5, 5.41) is 6.94. The van der Waals surface area contributed by atoms with Gasteiger partial charge in [0, 0.05) is 32.4 Å². The Bertz CT molecular complexity index is 735. The van der Waals surface area contributed by atoms with E-state index in [9.17, 15) is 9.18 Å². The highest BCUT2D eigenvalue weighted by atomic mass is 19.1. The highest BCUT2D eigenvalue weighted by Crippen LogP contribution is 2.20. The van der Waals surface area contributed by atoms with E-state index in [0.29, 0.717) is 43.5 Å². The highest BCUT2D eigenvalue weighted by molar-refractivity contribution is 5.78. The van der Waals surface area contributed by atoms with Gasteiger partial charge in [-0.05, 0) is 50.1 Å². The number of ether oxygens (including phenoxy) is 1. The summed E-state index contributed by atoms with van der Waals surface area (Å²) < 4.78 is 23.3. The number of carbonyl (C=O) groups excluding carboxylic acids is 1. The van der Waals surface area contributed by atoms with Crippen LogP contribution in [0.25, 0.3) is 11.4 Å². The van der Waals surface area contributed by atoms with Gasteiger partial charge < -0.3 is 14.6 Å². The third-order valence-electron chi connectivity index (χ3n) is 4.63. The number of methoxy groups -OCH3 is 1. The molecule has 7 nitrogen and oxygen atoms in total. The summed E-state index contributed by atoms with van der Waals surface area (Å²) in [7, 11) is 1.65. The fourth-order valence-electron chi connectivity index (χ4n) is 3.21. The lowest BCUT2D eigenvalue weighted by molar-refractivity contribution is -0.126. The van der Waals surface area contributed by atoms with Crippen LogP contribution in [-0.4, -0.2) is 54.3 Å². The van der Waals surface area contributed by atoms with Crippen LogP contribution in [0.15, 0.2) is 28.8 Å². The Morgan fingerprint density at radius 2 is 2.22 bits per heavy atom. The molecule has 1 fully saturated rings. The van der Waals surface area contributed by atoms with E-state index in [1.165, 1.54) is 12.1 Å². The van der Waals surface area contributed by atoms with Crippen molar-refractivity contribution in [2.24, 2.45) is 5.92 Å². The molecule has 146 valence electrons. The number of piperidine rings is 1. The minimum atomic E-state index is -0.303. The van der Waals surface area contributed by atoms with Gasteiger partial charge in [0.05, 0.1) is 12.5 Å². The Balaban J connectivity index is 1.52. The molecule has 0 radical (unpaired) electrons. The molecule has 27 heavy (non-hydrogen) atoms. The van der Waals surface area contributed by atoms with E-state index in [1.54, 1.807) is 19.2 Å². The zero-order chi connectivity index (χ0) is 19.1. The number of hydrogen-bond donors (Lipinski definition) is 1. The number of benzene rings is 1. The Morgan fingerprint density at radius 1 is 1.41 bits per heavy atom. The third kappa shape index (κ3) is 5.58. The van der Waals surface area contributed by atoms with E-state index < -0.39 is 0 Å². The normalized spacial score (nSPS) is 17.8. The number of hydrogen-bond acceptors (Lipinski definition) is 6. The molecule has 1 N–H and O–H groups in total. The molecular weight excluding hydrogens is 351 g/mol. The SMILES string of the molecule is COCCCNC(=O)C1CCCN(Cc2nc(-c3ccc(F)cc3)no2)C1. The van der Waals surface area contributed by atoms with Gasteiger partial charge in [-0.1, -0.05) is 5.16 Å². The highest BCUT2D eigenvalue weighted by Gasteiger charge is 2.26. The first-order valence-corrected chi connectivity index (χ1v) is 9.23. The first-order valence-electron chi connectivity index (χ1n) is 9.23. The second-order valence-electron chi connectivity index (χ2n) is 6.73. The fourth-order valence-corrected chi connectivity index (χ4v) is 3.21. The van der Waals surface area contributed by atoms with Gasteiger partial charge in [0.1, 0.15) is 5.82 Å². The van der Waals surface area contributed by atoms with Gasteiger partial charge in [-0.3, -0.25) is 9.69 Å². The van der Waals surface area contributed by atoms with Crippen LogP contribution in [0.2, 0.25) is 0 Å². The number of rotatable bonds is 8. The van der Waals surface area contributed by atoms with Gasteiger partial charge in [0.15, 0.2) is 0 Å². The molecule has 0 saturated carbocycles. The molecule has 2 heterocycles. The number of amides is 1. The first-order chi connectivity index (χ1) is 13.2. The molecule has 1 atom stereocenters. The molecule has 1 amide bonds. The molecule has 0 aliphatic carbocycles. The molecule has 1 unspecified atom stereocenters. The number of nitrogens with one attached hydrogen (secondary N) is 1. The Hall–Kier alpha value is -2.32. The molecule has 1 aliphatic rings. The van der Waals surface area contributed by atoms with E-state index >= 15 is 0 Å². The fraction of sp³-hybridized carbons (Fsp3) is 0.526. The van der Waals surface area contributed by atoms with Crippen molar-refractivity contribution in [1.82, 2.24) is 20.4 Å². The van der Waals surface area contributed by atoms with E-state index in [-0.39, 0.29) is 17.6 Å². The summed E-state index contributed by atoms with van der Waals surface area (Å²) in [5.41, 5.74) is 0.707. The van der Waals surface area contributed by atoms with Crippen molar-refractivity contribution in [3.8, 4) is 11.4 Å². The maximum atomic E-state index is 13.0. The predicted molar refractivity (Wildman–Crippen MR) is 97.2 cm³/mol. The smallest absolute Gasteiger partial charge is 0.241 e. The van der Waals surface area contributed by atoms with Gasteiger partial charge in [-0.15, -0.1) is 0 Å². The lowest BCUT2D eigenvalue weighted by Crippen LogP contribution is -2.43. The second-order valence-corrected chi connectivity index (χ2v) is 6.73. The zero-order valence-corrected chi connectivity index (χ0v) is 15.5. The van der Waals surface area contributed by atoms with E-state index in [2.05, 4.69) is 20.4 Å². The number of aromatic nitrogens is 2. The van der Waals surface area contributed by atoms with Gasteiger partial charge in [-0.2, -0.15) is 4.98 Å². The Morgan fingerprint density at radius 3 is 3.00 bits per heavy atom. The Labute approximate surface area is 157 Å². The topological polar surface area (TPSA) is 80.5 Å². The van der Waals surface area contributed by atoms with Crippen molar-refractivity contribution in [1.29, 1.82) is 0 Å². The van der Waals surface area contributed by atoms with Gasteiger partial charge in [0.25, 0.3) is 0 Å². The van der Waals surface area contributed by atoms with Crippen LogP contribution in [0.5, 0.6) is 0 Å².